The van der Waals surface area contributed by atoms with Crippen LogP contribution in [-0.2, 0) is 9.53 Å². The second-order valence-electron chi connectivity index (χ2n) is 8.18. The van der Waals surface area contributed by atoms with Crippen LogP contribution in [0.4, 0.5) is 14.5 Å². The number of anilines is 1. The van der Waals surface area contributed by atoms with Crippen molar-refractivity contribution in [3.05, 3.63) is 36.4 Å². The van der Waals surface area contributed by atoms with Crippen molar-refractivity contribution in [2.24, 2.45) is 5.92 Å². The molecule has 2 bridgehead atoms. The molecule has 0 aromatic carbocycles. The summed E-state index contributed by atoms with van der Waals surface area (Å²) in [5, 5.41) is 4.30. The van der Waals surface area contributed by atoms with Crippen molar-refractivity contribution >= 4 is 11.6 Å². The van der Waals surface area contributed by atoms with Crippen molar-refractivity contribution in [3.63, 3.8) is 0 Å². The highest BCUT2D eigenvalue weighted by Crippen LogP contribution is 2.41. The Morgan fingerprint density at radius 1 is 1.24 bits per heavy atom. The molecule has 5 heterocycles. The normalized spacial score (nSPS) is 28.2. The van der Waals surface area contributed by atoms with Crippen LogP contribution in [0.5, 0.6) is 0 Å². The number of ether oxygens (including phenoxy) is 1. The van der Waals surface area contributed by atoms with Gasteiger partial charge in [-0.15, -0.1) is 0 Å². The van der Waals surface area contributed by atoms with Gasteiger partial charge in [0.05, 0.1) is 55.6 Å². The van der Waals surface area contributed by atoms with Gasteiger partial charge in [0.15, 0.2) is 0 Å². The zero-order chi connectivity index (χ0) is 20.2. The first kappa shape index (κ1) is 18.5. The first-order chi connectivity index (χ1) is 13.9. The predicted octanol–water partition coefficient (Wildman–Crippen LogP) is 2.04. The van der Waals surface area contributed by atoms with Gasteiger partial charge in [0.1, 0.15) is 5.92 Å². The van der Waals surface area contributed by atoms with Crippen molar-refractivity contribution in [2.75, 3.05) is 31.2 Å². The van der Waals surface area contributed by atoms with E-state index in [-0.39, 0.29) is 18.5 Å². The van der Waals surface area contributed by atoms with E-state index in [9.17, 15) is 4.79 Å². The highest BCUT2D eigenvalue weighted by Gasteiger charge is 2.55. The molecular formula is C20H23F2N5O2. The molecule has 2 aromatic rings. The van der Waals surface area contributed by atoms with Gasteiger partial charge >= 0.3 is 0 Å². The summed E-state index contributed by atoms with van der Waals surface area (Å²) >= 11 is 0. The Bertz CT molecular complexity index is 919. The third kappa shape index (κ3) is 3.08. The van der Waals surface area contributed by atoms with Crippen molar-refractivity contribution in [2.45, 2.75) is 37.8 Å². The fraction of sp³-hybridized carbons (Fsp3) is 0.550. The summed E-state index contributed by atoms with van der Waals surface area (Å²) in [4.78, 5) is 20.3. The summed E-state index contributed by atoms with van der Waals surface area (Å²) in [6.45, 7) is 2.68. The molecule has 0 saturated carbocycles. The van der Waals surface area contributed by atoms with Gasteiger partial charge in [0.25, 0.3) is 5.92 Å². The number of pyridine rings is 1. The smallest absolute Gasteiger partial charge is 0.276 e. The van der Waals surface area contributed by atoms with Crippen molar-refractivity contribution < 1.29 is 18.3 Å². The number of carbonyl (C=O) groups excluding carboxylic acids is 1. The second-order valence-corrected chi connectivity index (χ2v) is 8.18. The maximum absolute atomic E-state index is 15.1. The Labute approximate surface area is 167 Å². The molecule has 0 N–H and O–H groups in total. The molecule has 3 aliphatic heterocycles. The second kappa shape index (κ2) is 6.76. The maximum atomic E-state index is 15.1. The third-order valence-corrected chi connectivity index (χ3v) is 6.18. The number of alkyl halides is 2. The van der Waals surface area contributed by atoms with Gasteiger partial charge in [-0.2, -0.15) is 5.10 Å². The first-order valence-corrected chi connectivity index (χ1v) is 9.92. The molecule has 3 atom stereocenters. The molecule has 7 nitrogen and oxygen atoms in total. The number of nitrogens with zero attached hydrogens (tertiary/aromatic N) is 5. The number of hydrogen-bond donors (Lipinski definition) is 0. The van der Waals surface area contributed by atoms with Crippen molar-refractivity contribution in [1.82, 2.24) is 19.7 Å². The van der Waals surface area contributed by atoms with Crippen LogP contribution < -0.4 is 4.90 Å². The monoisotopic (exact) mass is 403 g/mol. The van der Waals surface area contributed by atoms with E-state index in [1.54, 1.807) is 39.1 Å². The molecule has 0 spiro atoms. The summed E-state index contributed by atoms with van der Waals surface area (Å²) in [5.74, 6) is -4.82. The number of halogens is 2. The zero-order valence-corrected chi connectivity index (χ0v) is 16.2. The molecule has 154 valence electrons. The number of aromatic nitrogens is 3. The van der Waals surface area contributed by atoms with E-state index in [1.165, 1.54) is 0 Å². The molecule has 5 rings (SSSR count). The number of amides is 1. The Morgan fingerprint density at radius 2 is 2.03 bits per heavy atom. The average Bonchev–Trinajstić information content (AvgIpc) is 3.13. The fourth-order valence-electron chi connectivity index (χ4n) is 4.69. The minimum Gasteiger partial charge on any atom is -0.377 e. The molecule has 3 fully saturated rings. The van der Waals surface area contributed by atoms with Gasteiger partial charge in [-0.05, 0) is 31.4 Å². The van der Waals surface area contributed by atoms with Crippen LogP contribution in [0.1, 0.15) is 18.4 Å². The van der Waals surface area contributed by atoms with Crippen molar-refractivity contribution in [3.8, 4) is 5.69 Å². The largest absolute Gasteiger partial charge is 0.377 e. The van der Waals surface area contributed by atoms with E-state index in [2.05, 4.69) is 10.1 Å². The predicted molar refractivity (Wildman–Crippen MR) is 101 cm³/mol. The first-order valence-electron chi connectivity index (χ1n) is 9.92. The number of carbonyl (C=O) groups is 1. The molecule has 0 radical (unpaired) electrons. The lowest BCUT2D eigenvalue weighted by atomic mass is 9.85. The van der Waals surface area contributed by atoms with E-state index in [0.717, 1.165) is 12.0 Å². The van der Waals surface area contributed by atoms with Gasteiger partial charge in [-0.1, -0.05) is 0 Å². The summed E-state index contributed by atoms with van der Waals surface area (Å²) in [6, 6.07) is 1.68. The number of rotatable bonds is 3. The standard InChI is InChI=1S/C20H23F2N5O2/c1-13-7-24-26(9-13)17-2-4-23-8-18(17)25-5-3-16(20(21,22)12-25)19(28)27-14-6-15(27)11-29-10-14/h2,4,7-9,14-16H,3,5-6,10-12H2,1H3. The van der Waals surface area contributed by atoms with Crippen LogP contribution in [0.15, 0.2) is 30.9 Å². The molecule has 29 heavy (non-hydrogen) atoms. The Kier molecular flexibility index (Phi) is 4.31. The molecular weight excluding hydrogens is 380 g/mol. The number of piperidine rings is 1. The van der Waals surface area contributed by atoms with Gasteiger partial charge in [-0.3, -0.25) is 9.78 Å². The molecule has 3 unspecified atom stereocenters. The van der Waals surface area contributed by atoms with Gasteiger partial charge < -0.3 is 14.5 Å². The number of aryl methyl sites for hydroxylation is 1. The van der Waals surface area contributed by atoms with E-state index in [4.69, 9.17) is 4.74 Å². The van der Waals surface area contributed by atoms with Gasteiger partial charge in [-0.25, -0.2) is 13.5 Å². The van der Waals surface area contributed by atoms with Crippen LogP contribution in [0.25, 0.3) is 5.69 Å². The average molecular weight is 403 g/mol. The van der Waals surface area contributed by atoms with E-state index in [0.29, 0.717) is 31.1 Å². The molecule has 0 aliphatic carbocycles. The van der Waals surface area contributed by atoms with Gasteiger partial charge in [0.2, 0.25) is 5.91 Å². The third-order valence-electron chi connectivity index (χ3n) is 6.18. The maximum Gasteiger partial charge on any atom is 0.276 e. The SMILES string of the molecule is Cc1cnn(-c2ccncc2N2CCC(C(=O)N3C4COCC3C4)C(F)(F)C2)c1. The van der Waals surface area contributed by atoms with E-state index < -0.39 is 24.3 Å². The highest BCUT2D eigenvalue weighted by atomic mass is 19.3. The molecule has 3 aliphatic rings. The molecule has 9 heteroatoms. The Balaban J connectivity index is 1.37. The van der Waals surface area contributed by atoms with E-state index in [1.807, 2.05) is 13.1 Å². The van der Waals surface area contributed by atoms with Crippen LogP contribution in [0, 0.1) is 12.8 Å². The zero-order valence-electron chi connectivity index (χ0n) is 16.2. The number of morpholine rings is 1. The number of fused-ring (bicyclic) bond motifs is 2. The topological polar surface area (TPSA) is 63.5 Å². The number of hydrogen-bond acceptors (Lipinski definition) is 5. The lowest BCUT2D eigenvalue weighted by molar-refractivity contribution is -0.184. The summed E-state index contributed by atoms with van der Waals surface area (Å²) < 4.78 is 37.3. The van der Waals surface area contributed by atoms with Crippen LogP contribution in [0.2, 0.25) is 0 Å². The lowest BCUT2D eigenvalue weighted by Gasteiger charge is -2.54. The van der Waals surface area contributed by atoms with Crippen LogP contribution in [0.3, 0.4) is 0 Å². The highest BCUT2D eigenvalue weighted by molar-refractivity contribution is 5.82. The quantitative estimate of drug-likeness (QED) is 0.785. The Hall–Kier alpha value is -2.55. The summed E-state index contributed by atoms with van der Waals surface area (Å²) in [7, 11) is 0. The lowest BCUT2D eigenvalue weighted by Crippen LogP contribution is -2.68. The van der Waals surface area contributed by atoms with Crippen LogP contribution >= 0.6 is 0 Å². The molecule has 3 saturated heterocycles. The summed E-state index contributed by atoms with van der Waals surface area (Å²) in [5.41, 5.74) is 2.27. The minimum atomic E-state index is -3.12. The molecule has 1 amide bonds. The van der Waals surface area contributed by atoms with Crippen molar-refractivity contribution in [1.29, 1.82) is 0 Å². The molecule has 2 aromatic heterocycles. The fourth-order valence-corrected chi connectivity index (χ4v) is 4.69. The van der Waals surface area contributed by atoms with Crippen LogP contribution in [-0.4, -0.2) is 69.9 Å². The van der Waals surface area contributed by atoms with E-state index >= 15 is 8.78 Å². The minimum absolute atomic E-state index is 0.0388. The van der Waals surface area contributed by atoms with Gasteiger partial charge in [0, 0.05) is 18.9 Å². The summed E-state index contributed by atoms with van der Waals surface area (Å²) in [6.07, 6.45) is 7.74. The Morgan fingerprint density at radius 3 is 2.69 bits per heavy atom.